The van der Waals surface area contributed by atoms with Crippen LogP contribution >= 0.6 is 11.6 Å². The molecule has 1 unspecified atom stereocenters. The molecule has 0 spiro atoms. The van der Waals surface area contributed by atoms with Gasteiger partial charge in [0, 0.05) is 5.02 Å². The number of nitrogens with zero attached hydrogens (tertiary/aromatic N) is 5. The van der Waals surface area contributed by atoms with Gasteiger partial charge in [-0.1, -0.05) is 24.6 Å². The van der Waals surface area contributed by atoms with Gasteiger partial charge in [-0.2, -0.15) is 0 Å². The highest BCUT2D eigenvalue weighted by Gasteiger charge is 2.23. The summed E-state index contributed by atoms with van der Waals surface area (Å²) in [6.45, 7) is 3.83. The molecule has 0 aliphatic rings. The Morgan fingerprint density at radius 3 is 2.85 bits per heavy atom. The van der Waals surface area contributed by atoms with Gasteiger partial charge in [-0.05, 0) is 49.2 Å². The van der Waals surface area contributed by atoms with Crippen LogP contribution in [0.4, 0.5) is 10.2 Å². The number of fused-ring (bicyclic) bond motifs is 2. The Morgan fingerprint density at radius 1 is 1.21 bits per heavy atom. The number of nitrogens with one attached hydrogen (secondary N) is 2. The Bertz CT molecular complexity index is 1540. The number of anilines is 1. The topological polar surface area (TPSA) is 101 Å². The molecule has 0 saturated carbocycles. The lowest BCUT2D eigenvalue weighted by molar-refractivity contribution is 0.630. The quantitative estimate of drug-likeness (QED) is 0.391. The highest BCUT2D eigenvalue weighted by Crippen LogP contribution is 2.27. The first kappa shape index (κ1) is 21.0. The van der Waals surface area contributed by atoms with Crippen LogP contribution in [0.1, 0.15) is 30.8 Å². The van der Waals surface area contributed by atoms with E-state index < -0.39 is 17.4 Å². The normalized spacial score (nSPS) is 12.4. The molecule has 5 aromatic rings. The number of aromatic amines is 1. The van der Waals surface area contributed by atoms with Crippen molar-refractivity contribution in [1.82, 2.24) is 29.5 Å². The molecule has 0 amide bonds. The predicted molar refractivity (Wildman–Crippen MR) is 125 cm³/mol. The fraction of sp³-hybridized carbons (Fsp3) is 0.174. The summed E-state index contributed by atoms with van der Waals surface area (Å²) >= 11 is 6.30. The number of aryl methyl sites for hydroxylation is 1. The van der Waals surface area contributed by atoms with E-state index >= 15 is 0 Å². The van der Waals surface area contributed by atoms with Crippen molar-refractivity contribution in [1.29, 1.82) is 0 Å². The number of rotatable bonds is 5. The van der Waals surface area contributed by atoms with E-state index in [1.165, 1.54) is 29.4 Å². The zero-order valence-electron chi connectivity index (χ0n) is 17.8. The van der Waals surface area contributed by atoms with Crippen molar-refractivity contribution < 1.29 is 4.39 Å². The van der Waals surface area contributed by atoms with Crippen LogP contribution in [0.25, 0.3) is 27.8 Å². The van der Waals surface area contributed by atoms with Crippen LogP contribution in [0.2, 0.25) is 5.02 Å². The Hall–Kier alpha value is -3.85. The Labute approximate surface area is 192 Å². The lowest BCUT2D eigenvalue weighted by atomic mass is 10.1. The fourth-order valence-corrected chi connectivity index (χ4v) is 4.21. The van der Waals surface area contributed by atoms with E-state index in [2.05, 4.69) is 25.3 Å². The third kappa shape index (κ3) is 3.70. The van der Waals surface area contributed by atoms with Gasteiger partial charge in [0.2, 0.25) is 0 Å². The van der Waals surface area contributed by atoms with Crippen LogP contribution in [-0.2, 0) is 0 Å². The van der Waals surface area contributed by atoms with Crippen LogP contribution < -0.4 is 10.9 Å². The first-order valence-corrected chi connectivity index (χ1v) is 10.7. The van der Waals surface area contributed by atoms with Crippen molar-refractivity contribution in [3.05, 3.63) is 81.6 Å². The van der Waals surface area contributed by atoms with Crippen molar-refractivity contribution in [2.75, 3.05) is 5.32 Å². The molecule has 0 bridgehead atoms. The van der Waals surface area contributed by atoms with Gasteiger partial charge < -0.3 is 10.3 Å². The highest BCUT2D eigenvalue weighted by molar-refractivity contribution is 6.30. The van der Waals surface area contributed by atoms with Crippen LogP contribution in [-0.4, -0.2) is 29.5 Å². The number of hydrogen-bond donors (Lipinski definition) is 2. The summed E-state index contributed by atoms with van der Waals surface area (Å²) in [5, 5.41) is 3.74. The van der Waals surface area contributed by atoms with Crippen LogP contribution in [0.5, 0.6) is 0 Å². The molecule has 166 valence electrons. The third-order valence-corrected chi connectivity index (χ3v) is 5.63. The maximum absolute atomic E-state index is 14.7. The molecule has 33 heavy (non-hydrogen) atoms. The van der Waals surface area contributed by atoms with Crippen LogP contribution in [0.3, 0.4) is 0 Å². The average Bonchev–Trinajstić information content (AvgIpc) is 3.26. The summed E-state index contributed by atoms with van der Waals surface area (Å²) < 4.78 is 16.1. The Kier molecular flexibility index (Phi) is 5.26. The number of halogens is 2. The molecule has 0 radical (unpaired) electrons. The van der Waals surface area contributed by atoms with Crippen molar-refractivity contribution in [2.24, 2.45) is 0 Å². The minimum Gasteiger partial charge on any atom is -0.358 e. The predicted octanol–water partition coefficient (Wildman–Crippen LogP) is 4.72. The molecule has 0 saturated heterocycles. The van der Waals surface area contributed by atoms with Crippen LogP contribution in [0, 0.1) is 12.7 Å². The lowest BCUT2D eigenvalue weighted by Gasteiger charge is -2.22. The lowest BCUT2D eigenvalue weighted by Crippen LogP contribution is -2.29. The minimum atomic E-state index is -0.625. The standard InChI is InChI=1S/C23H19ClFN7O/c1-3-16(30-21-19-20(27-10-26-19)28-11-29-21)22-31-17-6-4-5-15(25)18(17)23(33)32(22)14-8-12(2)7-13(24)9-14/h4-11,16H,3H2,1-2H3,(H2,26,27,28,29,30). The van der Waals surface area contributed by atoms with Gasteiger partial charge in [-0.25, -0.2) is 24.3 Å². The van der Waals surface area contributed by atoms with E-state index in [0.717, 1.165) is 5.56 Å². The zero-order chi connectivity index (χ0) is 23.1. The van der Waals surface area contributed by atoms with Gasteiger partial charge in [0.1, 0.15) is 28.9 Å². The molecule has 2 aromatic carbocycles. The highest BCUT2D eigenvalue weighted by atomic mass is 35.5. The molecule has 3 aromatic heterocycles. The summed E-state index contributed by atoms with van der Waals surface area (Å²) in [7, 11) is 0. The Balaban J connectivity index is 1.76. The molecule has 0 aliphatic carbocycles. The van der Waals surface area contributed by atoms with E-state index in [9.17, 15) is 9.18 Å². The number of H-pyrrole nitrogens is 1. The van der Waals surface area contributed by atoms with Crippen molar-refractivity contribution in [2.45, 2.75) is 26.3 Å². The number of aromatic nitrogens is 6. The minimum absolute atomic E-state index is 0.0771. The molecule has 5 rings (SSSR count). The molecule has 0 aliphatic heterocycles. The molecule has 0 fully saturated rings. The van der Waals surface area contributed by atoms with Gasteiger partial charge in [0.25, 0.3) is 5.56 Å². The van der Waals surface area contributed by atoms with Gasteiger partial charge in [0.05, 0.1) is 23.6 Å². The molecule has 2 N–H and O–H groups in total. The number of hydrogen-bond acceptors (Lipinski definition) is 6. The number of benzene rings is 2. The molecule has 1 atom stereocenters. The average molecular weight is 464 g/mol. The molecular weight excluding hydrogens is 445 g/mol. The van der Waals surface area contributed by atoms with E-state index in [0.29, 0.717) is 39.9 Å². The molecular formula is C23H19ClFN7O. The zero-order valence-corrected chi connectivity index (χ0v) is 18.6. The Morgan fingerprint density at radius 2 is 2.06 bits per heavy atom. The van der Waals surface area contributed by atoms with Gasteiger partial charge >= 0.3 is 0 Å². The van der Waals surface area contributed by atoms with Crippen molar-refractivity contribution in [3.63, 3.8) is 0 Å². The summed E-state index contributed by atoms with van der Waals surface area (Å²) in [6, 6.07) is 9.25. The smallest absolute Gasteiger partial charge is 0.269 e. The maximum atomic E-state index is 14.7. The van der Waals surface area contributed by atoms with Gasteiger partial charge in [0.15, 0.2) is 11.5 Å². The summed E-state index contributed by atoms with van der Waals surface area (Å²) in [4.78, 5) is 34.0. The van der Waals surface area contributed by atoms with Gasteiger partial charge in [-0.15, -0.1) is 0 Å². The second-order valence-electron chi connectivity index (χ2n) is 7.66. The van der Waals surface area contributed by atoms with Gasteiger partial charge in [-0.3, -0.25) is 9.36 Å². The second kappa shape index (κ2) is 8.25. The van der Waals surface area contributed by atoms with Crippen LogP contribution in [0.15, 0.2) is 53.8 Å². The molecule has 8 nitrogen and oxygen atoms in total. The third-order valence-electron chi connectivity index (χ3n) is 5.41. The number of imidazole rings is 1. The molecule has 3 heterocycles. The fourth-order valence-electron chi connectivity index (χ4n) is 3.93. The van der Waals surface area contributed by atoms with E-state index in [1.54, 1.807) is 18.2 Å². The summed E-state index contributed by atoms with van der Waals surface area (Å²) in [6.07, 6.45) is 3.51. The van der Waals surface area contributed by atoms with Crippen molar-refractivity contribution in [3.8, 4) is 5.69 Å². The SMILES string of the molecule is CCC(Nc1ncnc2nc[nH]c12)c1nc2cccc(F)c2c(=O)n1-c1cc(C)cc(Cl)c1. The molecule has 10 heteroatoms. The summed E-state index contributed by atoms with van der Waals surface area (Å²) in [5.41, 5.74) is 2.28. The maximum Gasteiger partial charge on any atom is 0.269 e. The van der Waals surface area contributed by atoms with E-state index in [-0.39, 0.29) is 10.9 Å². The first-order valence-electron chi connectivity index (χ1n) is 10.4. The largest absolute Gasteiger partial charge is 0.358 e. The first-order chi connectivity index (χ1) is 16.0. The summed E-state index contributed by atoms with van der Waals surface area (Å²) in [5.74, 6) is 0.306. The second-order valence-corrected chi connectivity index (χ2v) is 8.10. The monoisotopic (exact) mass is 463 g/mol. The van der Waals surface area contributed by atoms with Crippen molar-refractivity contribution >= 4 is 39.5 Å². The van der Waals surface area contributed by atoms with E-state index in [4.69, 9.17) is 16.6 Å². The van der Waals surface area contributed by atoms with E-state index in [1.807, 2.05) is 19.9 Å².